The topological polar surface area (TPSA) is 84.5 Å². The van der Waals surface area contributed by atoms with E-state index in [0.717, 1.165) is 0 Å². The first-order valence-corrected chi connectivity index (χ1v) is 6.92. The van der Waals surface area contributed by atoms with Crippen LogP contribution in [-0.4, -0.2) is 38.0 Å². The van der Waals surface area contributed by atoms with Crippen LogP contribution in [0.4, 0.5) is 0 Å². The summed E-state index contributed by atoms with van der Waals surface area (Å²) in [7, 11) is 1.28. The lowest BCUT2D eigenvalue weighted by Crippen LogP contribution is -2.40. The summed E-state index contributed by atoms with van der Waals surface area (Å²) < 4.78 is 4.37. The first-order chi connectivity index (χ1) is 9.61. The summed E-state index contributed by atoms with van der Waals surface area (Å²) in [6.07, 6.45) is 3.28. The van der Waals surface area contributed by atoms with Gasteiger partial charge in [0.2, 0.25) is 0 Å². The van der Waals surface area contributed by atoms with Crippen LogP contribution in [0.15, 0.2) is 12.2 Å². The molecule has 118 valence electrons. The van der Waals surface area contributed by atoms with Gasteiger partial charge in [-0.2, -0.15) is 0 Å². The summed E-state index contributed by atoms with van der Waals surface area (Å²) in [6.45, 7) is 10.4. The van der Waals surface area contributed by atoms with Crippen molar-refractivity contribution in [3.05, 3.63) is 12.2 Å². The summed E-state index contributed by atoms with van der Waals surface area (Å²) in [5, 5.41) is 4.78. The van der Waals surface area contributed by atoms with E-state index in [2.05, 4.69) is 15.4 Å². The SMILES string of the molecule is CC.CC.CCNC(=O)C(=O)NCC/C=C/C(=O)OC. The van der Waals surface area contributed by atoms with Gasteiger partial charge in [-0.3, -0.25) is 9.59 Å². The molecule has 20 heavy (non-hydrogen) atoms. The second-order valence-corrected chi connectivity index (χ2v) is 2.83. The average Bonchev–Trinajstić information content (AvgIpc) is 2.50. The van der Waals surface area contributed by atoms with Crippen LogP contribution in [0.2, 0.25) is 0 Å². The average molecular weight is 288 g/mol. The highest BCUT2D eigenvalue weighted by Crippen LogP contribution is 1.83. The maximum Gasteiger partial charge on any atom is 0.330 e. The van der Waals surface area contributed by atoms with Crippen LogP contribution in [0.25, 0.3) is 0 Å². The molecule has 6 nitrogen and oxygen atoms in total. The minimum atomic E-state index is -0.673. The molecule has 0 fully saturated rings. The molecule has 0 aromatic heterocycles. The number of esters is 1. The number of carbonyl (C=O) groups excluding carboxylic acids is 3. The highest BCUT2D eigenvalue weighted by Gasteiger charge is 2.09. The summed E-state index contributed by atoms with van der Waals surface area (Å²) in [5.41, 5.74) is 0. The van der Waals surface area contributed by atoms with Crippen LogP contribution in [0, 0.1) is 0 Å². The lowest BCUT2D eigenvalue weighted by Gasteiger charge is -2.02. The van der Waals surface area contributed by atoms with Crippen molar-refractivity contribution in [1.29, 1.82) is 0 Å². The van der Waals surface area contributed by atoms with E-state index >= 15 is 0 Å². The Bertz CT molecular complexity index is 289. The Kier molecular flexibility index (Phi) is 22.7. The van der Waals surface area contributed by atoms with Crippen molar-refractivity contribution in [3.63, 3.8) is 0 Å². The number of likely N-dealkylation sites (N-methyl/N-ethyl adjacent to an activating group) is 1. The molecule has 0 aliphatic rings. The fourth-order valence-electron chi connectivity index (χ4n) is 0.838. The monoisotopic (exact) mass is 288 g/mol. The molecule has 0 atom stereocenters. The first kappa shape index (κ1) is 23.3. The van der Waals surface area contributed by atoms with Gasteiger partial charge in [0.1, 0.15) is 0 Å². The van der Waals surface area contributed by atoms with Gasteiger partial charge in [0.25, 0.3) is 0 Å². The third-order valence-corrected chi connectivity index (χ3v) is 1.60. The Morgan fingerprint density at radius 2 is 1.50 bits per heavy atom. The van der Waals surface area contributed by atoms with Gasteiger partial charge in [0.15, 0.2) is 0 Å². The highest BCUT2D eigenvalue weighted by atomic mass is 16.5. The fraction of sp³-hybridized carbons (Fsp3) is 0.643. The van der Waals surface area contributed by atoms with Crippen LogP contribution in [0.3, 0.4) is 0 Å². The second-order valence-electron chi connectivity index (χ2n) is 2.83. The predicted octanol–water partition coefficient (Wildman–Crippen LogP) is 1.41. The molecule has 0 rings (SSSR count). The Hall–Kier alpha value is -1.85. The van der Waals surface area contributed by atoms with Crippen molar-refractivity contribution in [2.75, 3.05) is 20.2 Å². The molecule has 6 heteroatoms. The van der Waals surface area contributed by atoms with Gasteiger partial charge in [0.05, 0.1) is 7.11 Å². The molecule has 0 saturated heterocycles. The molecule has 2 amide bonds. The van der Waals surface area contributed by atoms with Gasteiger partial charge in [0, 0.05) is 19.2 Å². The van der Waals surface area contributed by atoms with Gasteiger partial charge < -0.3 is 15.4 Å². The third-order valence-electron chi connectivity index (χ3n) is 1.60. The lowest BCUT2D eigenvalue weighted by molar-refractivity contribution is -0.139. The molecular weight excluding hydrogens is 260 g/mol. The molecule has 0 aromatic rings. The van der Waals surface area contributed by atoms with Crippen molar-refractivity contribution < 1.29 is 19.1 Å². The van der Waals surface area contributed by atoms with Crippen molar-refractivity contribution >= 4 is 17.8 Å². The molecule has 0 radical (unpaired) electrons. The minimum absolute atomic E-state index is 0.295. The Labute approximate surface area is 122 Å². The number of hydrogen-bond acceptors (Lipinski definition) is 4. The second kappa shape index (κ2) is 19.5. The highest BCUT2D eigenvalue weighted by molar-refractivity contribution is 6.35. The van der Waals surface area contributed by atoms with Crippen molar-refractivity contribution in [3.8, 4) is 0 Å². The van der Waals surface area contributed by atoms with Crippen molar-refractivity contribution in [2.24, 2.45) is 0 Å². The number of hydrogen-bond donors (Lipinski definition) is 2. The molecule has 0 aromatic carbocycles. The third kappa shape index (κ3) is 16.1. The number of nitrogens with one attached hydrogen (secondary N) is 2. The fourth-order valence-corrected chi connectivity index (χ4v) is 0.838. The van der Waals surface area contributed by atoms with Crippen molar-refractivity contribution in [2.45, 2.75) is 41.0 Å². The van der Waals surface area contributed by atoms with E-state index in [1.54, 1.807) is 13.0 Å². The molecular formula is C14H28N2O4. The van der Waals surface area contributed by atoms with E-state index in [-0.39, 0.29) is 0 Å². The summed E-state index contributed by atoms with van der Waals surface area (Å²) in [4.78, 5) is 32.6. The van der Waals surface area contributed by atoms with Crippen molar-refractivity contribution in [1.82, 2.24) is 10.6 Å². The van der Waals surface area contributed by atoms with E-state index in [4.69, 9.17) is 0 Å². The number of ether oxygens (including phenoxy) is 1. The zero-order chi connectivity index (χ0) is 16.4. The zero-order valence-corrected chi connectivity index (χ0v) is 13.4. The number of methoxy groups -OCH3 is 1. The van der Waals surface area contributed by atoms with Crippen LogP contribution in [0.5, 0.6) is 0 Å². The van der Waals surface area contributed by atoms with E-state index in [1.165, 1.54) is 13.2 Å². The summed E-state index contributed by atoms with van der Waals surface area (Å²) in [5.74, 6) is -1.78. The molecule has 0 unspecified atom stereocenters. The predicted molar refractivity (Wildman–Crippen MR) is 80.2 cm³/mol. The molecule has 0 aliphatic heterocycles. The Morgan fingerprint density at radius 3 is 1.95 bits per heavy atom. The lowest BCUT2D eigenvalue weighted by atomic mass is 10.3. The maximum atomic E-state index is 11.0. The molecule has 0 heterocycles. The summed E-state index contributed by atoms with van der Waals surface area (Å²) >= 11 is 0. The number of carbonyl (C=O) groups is 3. The minimum Gasteiger partial charge on any atom is -0.466 e. The van der Waals surface area contributed by atoms with Gasteiger partial charge in [-0.15, -0.1) is 0 Å². The Morgan fingerprint density at radius 1 is 1.00 bits per heavy atom. The van der Waals surface area contributed by atoms with Gasteiger partial charge in [-0.1, -0.05) is 33.8 Å². The van der Waals surface area contributed by atoms with E-state index in [0.29, 0.717) is 19.5 Å². The standard InChI is InChI=1S/C10H16N2O4.2C2H6/c1-3-11-9(14)10(15)12-7-5-4-6-8(13)16-2;2*1-2/h4,6H,3,5,7H2,1-2H3,(H,11,14)(H,12,15);2*1-2H3/b6-4+;;. The van der Waals surface area contributed by atoms with E-state index in [1.807, 2.05) is 27.7 Å². The zero-order valence-electron chi connectivity index (χ0n) is 13.4. The molecule has 0 saturated carbocycles. The smallest absolute Gasteiger partial charge is 0.330 e. The van der Waals surface area contributed by atoms with Crippen LogP contribution in [-0.2, 0) is 19.1 Å². The number of rotatable bonds is 5. The first-order valence-electron chi connectivity index (χ1n) is 6.92. The largest absolute Gasteiger partial charge is 0.466 e. The number of amides is 2. The normalized spacial score (nSPS) is 8.50. The van der Waals surface area contributed by atoms with Crippen LogP contribution in [0.1, 0.15) is 41.0 Å². The quantitative estimate of drug-likeness (QED) is 0.347. The van der Waals surface area contributed by atoms with Gasteiger partial charge in [-0.05, 0) is 13.3 Å². The van der Waals surface area contributed by atoms with Crippen LogP contribution >= 0.6 is 0 Å². The molecule has 0 bridgehead atoms. The summed E-state index contributed by atoms with van der Waals surface area (Å²) in [6, 6.07) is 0. The van der Waals surface area contributed by atoms with Gasteiger partial charge in [-0.25, -0.2) is 4.79 Å². The molecule has 0 aliphatic carbocycles. The van der Waals surface area contributed by atoms with E-state index < -0.39 is 17.8 Å². The molecule has 0 spiro atoms. The van der Waals surface area contributed by atoms with E-state index in [9.17, 15) is 14.4 Å². The maximum absolute atomic E-state index is 11.0. The Balaban J connectivity index is -0.000000656. The molecule has 2 N–H and O–H groups in total. The van der Waals surface area contributed by atoms with Gasteiger partial charge >= 0.3 is 17.8 Å². The van der Waals surface area contributed by atoms with Crippen LogP contribution < -0.4 is 10.6 Å².